The lowest BCUT2D eigenvalue weighted by Gasteiger charge is -2.15. The summed E-state index contributed by atoms with van der Waals surface area (Å²) in [5.74, 6) is 1.67. The minimum absolute atomic E-state index is 0.0495. The zero-order chi connectivity index (χ0) is 20.6. The molecule has 6 heteroatoms. The molecule has 3 rings (SSSR count). The van der Waals surface area contributed by atoms with Crippen LogP contribution in [-0.2, 0) is 0 Å². The van der Waals surface area contributed by atoms with Crippen molar-refractivity contribution in [3.8, 4) is 11.5 Å². The van der Waals surface area contributed by atoms with E-state index in [-0.39, 0.29) is 12.0 Å². The highest BCUT2D eigenvalue weighted by molar-refractivity contribution is 6.05. The molecule has 0 radical (unpaired) electrons. The molecular formula is C23H25N3O3. The number of para-hydroxylation sites is 4. The standard InChI is InChI=1S/C23H25N3O3/c1-4-28-20-11-7-5-9-18(20)26-23(27)17-13-14-24-22(15-17)25-19-10-6-8-12-21(19)29-16(2)3/h5-16H,4H2,1-3H3,(H,24,25)(H,26,27). The number of aromatic nitrogens is 1. The quantitative estimate of drug-likeness (QED) is 0.548. The first-order chi connectivity index (χ1) is 14.1. The Balaban J connectivity index is 1.77. The SMILES string of the molecule is CCOc1ccccc1NC(=O)c1ccnc(Nc2ccccc2OC(C)C)c1. The zero-order valence-electron chi connectivity index (χ0n) is 16.8. The van der Waals surface area contributed by atoms with E-state index in [1.54, 1.807) is 18.3 Å². The van der Waals surface area contributed by atoms with Crippen LogP contribution in [0.4, 0.5) is 17.2 Å². The molecule has 1 aromatic heterocycles. The molecule has 0 saturated heterocycles. The van der Waals surface area contributed by atoms with Gasteiger partial charge in [0.1, 0.15) is 17.3 Å². The highest BCUT2D eigenvalue weighted by atomic mass is 16.5. The lowest BCUT2D eigenvalue weighted by Crippen LogP contribution is -2.13. The molecule has 0 aliphatic heterocycles. The summed E-state index contributed by atoms with van der Waals surface area (Å²) in [6.07, 6.45) is 1.64. The fourth-order valence-corrected chi connectivity index (χ4v) is 2.75. The Morgan fingerprint density at radius 2 is 1.69 bits per heavy atom. The number of carbonyl (C=O) groups excluding carboxylic acids is 1. The average molecular weight is 391 g/mol. The predicted molar refractivity (Wildman–Crippen MR) is 115 cm³/mol. The molecule has 2 N–H and O–H groups in total. The third kappa shape index (κ3) is 5.48. The monoisotopic (exact) mass is 391 g/mol. The maximum Gasteiger partial charge on any atom is 0.255 e. The number of nitrogens with zero attached hydrogens (tertiary/aromatic N) is 1. The van der Waals surface area contributed by atoms with Gasteiger partial charge in [0.25, 0.3) is 5.91 Å². The van der Waals surface area contributed by atoms with E-state index in [0.717, 1.165) is 11.4 Å². The molecule has 2 aromatic carbocycles. The number of carbonyl (C=O) groups is 1. The molecule has 1 amide bonds. The molecule has 150 valence electrons. The van der Waals surface area contributed by atoms with Gasteiger partial charge in [0.05, 0.1) is 24.1 Å². The summed E-state index contributed by atoms with van der Waals surface area (Å²) < 4.78 is 11.4. The smallest absolute Gasteiger partial charge is 0.255 e. The van der Waals surface area contributed by atoms with Crippen LogP contribution in [-0.4, -0.2) is 23.6 Å². The Morgan fingerprint density at radius 3 is 2.41 bits per heavy atom. The fourth-order valence-electron chi connectivity index (χ4n) is 2.75. The van der Waals surface area contributed by atoms with Crippen LogP contribution >= 0.6 is 0 Å². The summed E-state index contributed by atoms with van der Waals surface area (Å²) in [6, 6.07) is 18.3. The number of rotatable bonds is 8. The van der Waals surface area contributed by atoms with Crippen molar-refractivity contribution >= 4 is 23.1 Å². The van der Waals surface area contributed by atoms with Gasteiger partial charge in [-0.15, -0.1) is 0 Å². The lowest BCUT2D eigenvalue weighted by molar-refractivity contribution is 0.102. The zero-order valence-corrected chi connectivity index (χ0v) is 16.8. The van der Waals surface area contributed by atoms with E-state index in [2.05, 4.69) is 15.6 Å². The molecule has 0 saturated carbocycles. The van der Waals surface area contributed by atoms with Gasteiger partial charge < -0.3 is 20.1 Å². The first-order valence-corrected chi connectivity index (χ1v) is 9.58. The molecule has 0 aliphatic rings. The molecule has 0 unspecified atom stereocenters. The molecule has 6 nitrogen and oxygen atoms in total. The Kier molecular flexibility index (Phi) is 6.68. The van der Waals surface area contributed by atoms with E-state index < -0.39 is 0 Å². The fraction of sp³-hybridized carbons (Fsp3) is 0.217. The van der Waals surface area contributed by atoms with Crippen molar-refractivity contribution in [2.45, 2.75) is 26.9 Å². The summed E-state index contributed by atoms with van der Waals surface area (Å²) in [5.41, 5.74) is 1.89. The minimum atomic E-state index is -0.241. The first kappa shape index (κ1) is 20.2. The van der Waals surface area contributed by atoms with Crippen molar-refractivity contribution in [1.29, 1.82) is 0 Å². The van der Waals surface area contributed by atoms with E-state index in [1.807, 2.05) is 69.3 Å². The molecule has 1 heterocycles. The van der Waals surface area contributed by atoms with Crippen LogP contribution in [0.25, 0.3) is 0 Å². The van der Waals surface area contributed by atoms with Crippen molar-refractivity contribution in [1.82, 2.24) is 4.98 Å². The van der Waals surface area contributed by atoms with E-state index in [4.69, 9.17) is 9.47 Å². The first-order valence-electron chi connectivity index (χ1n) is 9.58. The Hall–Kier alpha value is -3.54. The van der Waals surface area contributed by atoms with Gasteiger partial charge in [-0.25, -0.2) is 4.98 Å². The van der Waals surface area contributed by atoms with Gasteiger partial charge >= 0.3 is 0 Å². The van der Waals surface area contributed by atoms with Crippen LogP contribution in [0.15, 0.2) is 66.9 Å². The number of benzene rings is 2. The molecule has 0 fully saturated rings. The van der Waals surface area contributed by atoms with E-state index in [9.17, 15) is 4.79 Å². The second-order valence-corrected chi connectivity index (χ2v) is 6.60. The summed E-state index contributed by atoms with van der Waals surface area (Å²) >= 11 is 0. The average Bonchev–Trinajstić information content (AvgIpc) is 2.71. The van der Waals surface area contributed by atoms with Gasteiger partial charge in [-0.05, 0) is 57.2 Å². The number of anilines is 3. The summed E-state index contributed by atoms with van der Waals surface area (Å²) in [4.78, 5) is 17.1. The van der Waals surface area contributed by atoms with Crippen molar-refractivity contribution in [3.05, 3.63) is 72.4 Å². The Labute approximate surface area is 170 Å². The topological polar surface area (TPSA) is 72.5 Å². The predicted octanol–water partition coefficient (Wildman–Crippen LogP) is 5.26. The third-order valence-electron chi connectivity index (χ3n) is 3.97. The molecule has 29 heavy (non-hydrogen) atoms. The molecule has 0 spiro atoms. The van der Waals surface area contributed by atoms with Crippen molar-refractivity contribution in [2.24, 2.45) is 0 Å². The van der Waals surface area contributed by atoms with Gasteiger partial charge in [-0.2, -0.15) is 0 Å². The van der Waals surface area contributed by atoms with Crippen LogP contribution < -0.4 is 20.1 Å². The summed E-state index contributed by atoms with van der Waals surface area (Å²) in [6.45, 7) is 6.37. The summed E-state index contributed by atoms with van der Waals surface area (Å²) in [5, 5.41) is 6.12. The van der Waals surface area contributed by atoms with Gasteiger partial charge in [0.15, 0.2) is 0 Å². The number of hydrogen-bond acceptors (Lipinski definition) is 5. The number of hydrogen-bond donors (Lipinski definition) is 2. The van der Waals surface area contributed by atoms with Crippen LogP contribution in [0.1, 0.15) is 31.1 Å². The van der Waals surface area contributed by atoms with Crippen LogP contribution in [0.3, 0.4) is 0 Å². The maximum atomic E-state index is 12.7. The van der Waals surface area contributed by atoms with Crippen molar-refractivity contribution in [2.75, 3.05) is 17.2 Å². The normalized spacial score (nSPS) is 10.5. The maximum absolute atomic E-state index is 12.7. The van der Waals surface area contributed by atoms with Crippen LogP contribution in [0.5, 0.6) is 11.5 Å². The number of ether oxygens (including phenoxy) is 2. The van der Waals surface area contributed by atoms with E-state index >= 15 is 0 Å². The van der Waals surface area contributed by atoms with Gasteiger partial charge in [0.2, 0.25) is 0 Å². The third-order valence-corrected chi connectivity index (χ3v) is 3.97. The minimum Gasteiger partial charge on any atom is -0.492 e. The Bertz CT molecular complexity index is 973. The van der Waals surface area contributed by atoms with Crippen molar-refractivity contribution in [3.63, 3.8) is 0 Å². The van der Waals surface area contributed by atoms with Gasteiger partial charge in [-0.1, -0.05) is 24.3 Å². The second kappa shape index (κ2) is 9.59. The van der Waals surface area contributed by atoms with E-state index in [1.165, 1.54) is 0 Å². The molecule has 0 bridgehead atoms. The van der Waals surface area contributed by atoms with Crippen molar-refractivity contribution < 1.29 is 14.3 Å². The number of pyridine rings is 1. The highest BCUT2D eigenvalue weighted by Crippen LogP contribution is 2.28. The Morgan fingerprint density at radius 1 is 1.00 bits per heavy atom. The summed E-state index contributed by atoms with van der Waals surface area (Å²) in [7, 11) is 0. The van der Waals surface area contributed by atoms with Crippen LogP contribution in [0, 0.1) is 0 Å². The van der Waals surface area contributed by atoms with Crippen LogP contribution in [0.2, 0.25) is 0 Å². The molecule has 3 aromatic rings. The molecule has 0 aliphatic carbocycles. The largest absolute Gasteiger partial charge is 0.492 e. The number of amides is 1. The van der Waals surface area contributed by atoms with E-state index in [0.29, 0.717) is 29.4 Å². The highest BCUT2D eigenvalue weighted by Gasteiger charge is 2.12. The van der Waals surface area contributed by atoms with Gasteiger partial charge in [-0.3, -0.25) is 4.79 Å². The molecular weight excluding hydrogens is 366 g/mol. The second-order valence-electron chi connectivity index (χ2n) is 6.60. The molecule has 0 atom stereocenters. The number of nitrogens with one attached hydrogen (secondary N) is 2. The lowest BCUT2D eigenvalue weighted by atomic mass is 10.2. The van der Waals surface area contributed by atoms with Gasteiger partial charge in [0, 0.05) is 11.8 Å².